The Kier molecular flexibility index (Phi) is 3.49. The number of hydrogen-bond donors (Lipinski definition) is 2. The van der Waals surface area contributed by atoms with E-state index in [0.717, 1.165) is 12.8 Å². The first-order valence-corrected chi connectivity index (χ1v) is 8.05. The maximum Gasteiger partial charge on any atom is 0.270 e. The molecule has 0 aliphatic heterocycles. The second-order valence-corrected chi connectivity index (χ2v) is 6.28. The fourth-order valence-electron chi connectivity index (χ4n) is 3.43. The van der Waals surface area contributed by atoms with Gasteiger partial charge in [-0.3, -0.25) is 9.59 Å². The molecule has 0 spiro atoms. The molecule has 4 rings (SSSR count). The van der Waals surface area contributed by atoms with Crippen molar-refractivity contribution < 1.29 is 9.59 Å². The number of hydrogen-bond acceptors (Lipinski definition) is 4. The molecule has 2 heterocycles. The Balaban J connectivity index is 1.60. The van der Waals surface area contributed by atoms with Crippen LogP contribution in [0, 0.1) is 6.92 Å². The zero-order valence-electron chi connectivity index (χ0n) is 13.7. The van der Waals surface area contributed by atoms with Crippen molar-refractivity contribution >= 4 is 17.5 Å². The van der Waals surface area contributed by atoms with Crippen molar-refractivity contribution in [1.29, 1.82) is 0 Å². The van der Waals surface area contributed by atoms with Crippen molar-refractivity contribution in [2.45, 2.75) is 25.8 Å². The van der Waals surface area contributed by atoms with Crippen LogP contribution in [-0.2, 0) is 12.8 Å². The van der Waals surface area contributed by atoms with Gasteiger partial charge in [-0.05, 0) is 42.5 Å². The number of benzene rings is 1. The summed E-state index contributed by atoms with van der Waals surface area (Å²) in [6.07, 6.45) is 4.43. The van der Waals surface area contributed by atoms with E-state index in [0.29, 0.717) is 5.69 Å². The van der Waals surface area contributed by atoms with E-state index in [1.807, 2.05) is 6.07 Å². The van der Waals surface area contributed by atoms with Gasteiger partial charge < -0.3 is 11.1 Å². The molecule has 1 atom stereocenters. The lowest BCUT2D eigenvalue weighted by molar-refractivity contribution is 0.0929. The van der Waals surface area contributed by atoms with Crippen LogP contribution in [0.2, 0.25) is 0 Å². The standard InChI is InChI=1S/C18H17N5O2/c1-10-3-2-4-11-7-12(8-13(10)11)22-18(25)15-5-6-20-17-14(16(19)24)9-21-23(15)17/h2-6,9,12H,7-8H2,1H3,(H2,19,24)(H,22,25). The monoisotopic (exact) mass is 335 g/mol. The third kappa shape index (κ3) is 2.53. The highest BCUT2D eigenvalue weighted by Gasteiger charge is 2.25. The molecule has 126 valence electrons. The van der Waals surface area contributed by atoms with E-state index in [1.165, 1.54) is 33.6 Å². The van der Waals surface area contributed by atoms with Gasteiger partial charge in [0.25, 0.3) is 11.8 Å². The quantitative estimate of drug-likeness (QED) is 0.746. The minimum atomic E-state index is -0.623. The fraction of sp³-hybridized carbons (Fsp3) is 0.222. The summed E-state index contributed by atoms with van der Waals surface area (Å²) < 4.78 is 1.35. The van der Waals surface area contributed by atoms with Crippen LogP contribution < -0.4 is 11.1 Å². The molecule has 1 unspecified atom stereocenters. The zero-order valence-corrected chi connectivity index (χ0v) is 13.7. The third-order valence-corrected chi connectivity index (χ3v) is 4.66. The van der Waals surface area contributed by atoms with Gasteiger partial charge in [0.15, 0.2) is 5.65 Å². The molecule has 0 saturated heterocycles. The van der Waals surface area contributed by atoms with Gasteiger partial charge in [-0.1, -0.05) is 18.2 Å². The Morgan fingerprint density at radius 3 is 2.88 bits per heavy atom. The average Bonchev–Trinajstić information content (AvgIpc) is 3.18. The molecule has 2 amide bonds. The van der Waals surface area contributed by atoms with Crippen molar-refractivity contribution in [2.75, 3.05) is 0 Å². The Labute approximate surface area is 143 Å². The number of primary amides is 1. The van der Waals surface area contributed by atoms with Gasteiger partial charge in [0, 0.05) is 12.2 Å². The van der Waals surface area contributed by atoms with E-state index in [4.69, 9.17) is 5.73 Å². The van der Waals surface area contributed by atoms with Gasteiger partial charge in [-0.25, -0.2) is 9.50 Å². The van der Waals surface area contributed by atoms with Crippen molar-refractivity contribution in [3.63, 3.8) is 0 Å². The highest BCUT2D eigenvalue weighted by atomic mass is 16.2. The second-order valence-electron chi connectivity index (χ2n) is 6.28. The molecule has 3 N–H and O–H groups in total. The number of aromatic nitrogens is 3. The number of aryl methyl sites for hydroxylation is 1. The normalized spacial score (nSPS) is 16.0. The average molecular weight is 335 g/mol. The predicted octanol–water partition coefficient (Wildman–Crippen LogP) is 1.03. The molecule has 2 aromatic heterocycles. The number of carbonyl (C=O) groups excluding carboxylic acids is 2. The fourth-order valence-corrected chi connectivity index (χ4v) is 3.43. The molecule has 1 aliphatic carbocycles. The molecule has 1 aromatic carbocycles. The minimum absolute atomic E-state index is 0.0398. The van der Waals surface area contributed by atoms with Crippen molar-refractivity contribution in [3.8, 4) is 0 Å². The van der Waals surface area contributed by atoms with Gasteiger partial charge >= 0.3 is 0 Å². The van der Waals surface area contributed by atoms with E-state index in [-0.39, 0.29) is 23.2 Å². The number of rotatable bonds is 3. The number of fused-ring (bicyclic) bond motifs is 2. The minimum Gasteiger partial charge on any atom is -0.365 e. The summed E-state index contributed by atoms with van der Waals surface area (Å²) in [6.45, 7) is 2.09. The molecule has 0 bridgehead atoms. The molecule has 0 radical (unpaired) electrons. The van der Waals surface area contributed by atoms with Crippen LogP contribution in [-0.4, -0.2) is 32.5 Å². The van der Waals surface area contributed by atoms with E-state index in [9.17, 15) is 9.59 Å². The SMILES string of the molecule is Cc1cccc2c1CC(NC(=O)c1ccnc3c(C(N)=O)cnn13)C2. The Morgan fingerprint density at radius 1 is 1.28 bits per heavy atom. The number of nitrogens with zero attached hydrogens (tertiary/aromatic N) is 3. The number of carbonyl (C=O) groups is 2. The van der Waals surface area contributed by atoms with Gasteiger partial charge in [0.1, 0.15) is 11.3 Å². The molecule has 0 fully saturated rings. The summed E-state index contributed by atoms with van der Waals surface area (Å²) in [4.78, 5) is 28.2. The van der Waals surface area contributed by atoms with E-state index >= 15 is 0 Å². The van der Waals surface area contributed by atoms with Crippen LogP contribution in [0.25, 0.3) is 5.65 Å². The van der Waals surface area contributed by atoms with E-state index < -0.39 is 5.91 Å². The molecule has 7 nitrogen and oxygen atoms in total. The van der Waals surface area contributed by atoms with Crippen LogP contribution >= 0.6 is 0 Å². The first-order valence-electron chi connectivity index (χ1n) is 8.05. The Hall–Kier alpha value is -3.22. The van der Waals surface area contributed by atoms with Gasteiger partial charge in [-0.2, -0.15) is 5.10 Å². The summed E-state index contributed by atoms with van der Waals surface area (Å²) in [5, 5.41) is 7.14. The largest absolute Gasteiger partial charge is 0.365 e. The van der Waals surface area contributed by atoms with Crippen LogP contribution in [0.3, 0.4) is 0 Å². The van der Waals surface area contributed by atoms with Gasteiger partial charge in [0.05, 0.1) is 6.20 Å². The number of nitrogens with one attached hydrogen (secondary N) is 1. The van der Waals surface area contributed by atoms with Crippen LogP contribution in [0.1, 0.15) is 37.5 Å². The maximum atomic E-state index is 12.7. The van der Waals surface area contributed by atoms with E-state index in [2.05, 4.69) is 34.5 Å². The first kappa shape index (κ1) is 15.3. The number of nitrogens with two attached hydrogens (primary N) is 1. The Morgan fingerprint density at radius 2 is 2.12 bits per heavy atom. The smallest absolute Gasteiger partial charge is 0.270 e. The molecule has 3 aromatic rings. The zero-order chi connectivity index (χ0) is 17.6. The van der Waals surface area contributed by atoms with Gasteiger partial charge in [-0.15, -0.1) is 0 Å². The lowest BCUT2D eigenvalue weighted by Gasteiger charge is -2.12. The first-order chi connectivity index (χ1) is 12.0. The summed E-state index contributed by atoms with van der Waals surface area (Å²) in [7, 11) is 0. The van der Waals surface area contributed by atoms with Gasteiger partial charge in [0.2, 0.25) is 0 Å². The lowest BCUT2D eigenvalue weighted by atomic mass is 10.1. The lowest BCUT2D eigenvalue weighted by Crippen LogP contribution is -2.36. The highest BCUT2D eigenvalue weighted by molar-refractivity contribution is 5.99. The molecule has 7 heteroatoms. The molecule has 0 saturated carbocycles. The molecule has 25 heavy (non-hydrogen) atoms. The number of amides is 2. The highest BCUT2D eigenvalue weighted by Crippen LogP contribution is 2.25. The van der Waals surface area contributed by atoms with Crippen LogP contribution in [0.4, 0.5) is 0 Å². The summed E-state index contributed by atoms with van der Waals surface area (Å²) in [5.41, 5.74) is 9.95. The maximum absolute atomic E-state index is 12.7. The van der Waals surface area contributed by atoms with Crippen molar-refractivity contribution in [2.24, 2.45) is 5.73 Å². The molecular weight excluding hydrogens is 318 g/mol. The van der Waals surface area contributed by atoms with E-state index in [1.54, 1.807) is 6.07 Å². The molecular formula is C18H17N5O2. The second kappa shape index (κ2) is 5.70. The topological polar surface area (TPSA) is 102 Å². The van der Waals surface area contributed by atoms with Crippen molar-refractivity contribution in [3.05, 3.63) is 64.6 Å². The van der Waals surface area contributed by atoms with Crippen LogP contribution in [0.5, 0.6) is 0 Å². The summed E-state index contributed by atoms with van der Waals surface area (Å²) in [6, 6.07) is 7.85. The summed E-state index contributed by atoms with van der Waals surface area (Å²) in [5.74, 6) is -0.872. The van der Waals surface area contributed by atoms with Crippen LogP contribution in [0.15, 0.2) is 36.7 Å². The van der Waals surface area contributed by atoms with Crippen molar-refractivity contribution in [1.82, 2.24) is 19.9 Å². The molecule has 1 aliphatic rings. The third-order valence-electron chi connectivity index (χ3n) is 4.66. The Bertz CT molecular complexity index is 1010. The predicted molar refractivity (Wildman–Crippen MR) is 91.3 cm³/mol. The summed E-state index contributed by atoms with van der Waals surface area (Å²) >= 11 is 0.